The highest BCUT2D eigenvalue weighted by atomic mass is 19.1. The van der Waals surface area contributed by atoms with Crippen LogP contribution in [0.4, 0.5) is 4.39 Å². The van der Waals surface area contributed by atoms with E-state index in [1.54, 1.807) is 26.4 Å². The summed E-state index contributed by atoms with van der Waals surface area (Å²) in [5.74, 6) is 1.34. The van der Waals surface area contributed by atoms with Gasteiger partial charge in [-0.3, -0.25) is 9.69 Å². The third-order valence-corrected chi connectivity index (χ3v) is 6.99. The second kappa shape index (κ2) is 11.7. The van der Waals surface area contributed by atoms with Crippen molar-refractivity contribution in [1.29, 1.82) is 0 Å². The molecule has 1 amide bonds. The number of hydrogen-bond acceptors (Lipinski definition) is 5. The Bertz CT molecular complexity index is 969. The van der Waals surface area contributed by atoms with Crippen molar-refractivity contribution in [3.8, 4) is 11.5 Å². The number of rotatable bonds is 4. The quantitative estimate of drug-likeness (QED) is 0.664. The van der Waals surface area contributed by atoms with Gasteiger partial charge < -0.3 is 19.1 Å². The minimum absolute atomic E-state index is 0.0492. The third-order valence-electron chi connectivity index (χ3n) is 6.99. The lowest BCUT2D eigenvalue weighted by Crippen LogP contribution is -2.46. The molecule has 2 aliphatic heterocycles. The standard InChI is InChI=1S/C27H35FN2O4/c1-32-25-12-14-30-18-21(25)7-3-4-13-29(19-23-24(28)10-6-11-26(23)33-2)15-16-34-22-9-5-8-20(17-22)27(30)31/h5-6,8-11,17,21,25H,3-4,7,12-16,18-19H2,1-2H3/t21-,25+/m0/s1. The van der Waals surface area contributed by atoms with Gasteiger partial charge in [0.1, 0.15) is 23.9 Å². The fourth-order valence-electron chi connectivity index (χ4n) is 5.10. The zero-order valence-electron chi connectivity index (χ0n) is 20.2. The summed E-state index contributed by atoms with van der Waals surface area (Å²) in [6.45, 7) is 3.79. The fraction of sp³-hybridized carbons (Fsp3) is 0.519. The van der Waals surface area contributed by atoms with Crippen LogP contribution in [-0.4, -0.2) is 68.8 Å². The van der Waals surface area contributed by atoms with Crippen molar-refractivity contribution in [3.05, 3.63) is 59.4 Å². The molecule has 1 fully saturated rings. The maximum atomic E-state index is 14.6. The van der Waals surface area contributed by atoms with Crippen LogP contribution in [0.15, 0.2) is 42.5 Å². The maximum Gasteiger partial charge on any atom is 0.254 e. The lowest BCUT2D eigenvalue weighted by molar-refractivity contribution is -0.00677. The molecule has 4 rings (SSSR count). The number of nitrogens with zero attached hydrogens (tertiary/aromatic N) is 2. The second-order valence-corrected chi connectivity index (χ2v) is 9.14. The van der Waals surface area contributed by atoms with Gasteiger partial charge in [0, 0.05) is 50.3 Å². The number of methoxy groups -OCH3 is 2. The first kappa shape index (κ1) is 24.5. The molecular formula is C27H35FN2O4. The van der Waals surface area contributed by atoms with Crippen molar-refractivity contribution < 1.29 is 23.4 Å². The number of benzene rings is 2. The van der Waals surface area contributed by atoms with E-state index in [-0.39, 0.29) is 17.8 Å². The summed E-state index contributed by atoms with van der Waals surface area (Å²) >= 11 is 0. The predicted octanol–water partition coefficient (Wildman–Crippen LogP) is 4.38. The van der Waals surface area contributed by atoms with Crippen LogP contribution in [0.1, 0.15) is 41.6 Å². The normalized spacial score (nSPS) is 22.4. The summed E-state index contributed by atoms with van der Waals surface area (Å²) in [4.78, 5) is 17.3. The van der Waals surface area contributed by atoms with Gasteiger partial charge in [-0.15, -0.1) is 0 Å². The molecule has 2 heterocycles. The Balaban J connectivity index is 1.53. The number of piperidine rings is 1. The van der Waals surface area contributed by atoms with Crippen molar-refractivity contribution >= 4 is 5.91 Å². The van der Waals surface area contributed by atoms with E-state index in [1.807, 2.05) is 29.2 Å². The molecule has 0 N–H and O–H groups in total. The number of fused-ring (bicyclic) bond motifs is 4. The monoisotopic (exact) mass is 470 g/mol. The second-order valence-electron chi connectivity index (χ2n) is 9.14. The third kappa shape index (κ3) is 5.88. The molecule has 0 saturated carbocycles. The van der Waals surface area contributed by atoms with Crippen LogP contribution in [-0.2, 0) is 11.3 Å². The summed E-state index contributed by atoms with van der Waals surface area (Å²) in [6.07, 6.45) is 4.02. The summed E-state index contributed by atoms with van der Waals surface area (Å²) in [5.41, 5.74) is 1.22. The lowest BCUT2D eigenvalue weighted by Gasteiger charge is -2.38. The molecule has 0 aliphatic carbocycles. The number of carbonyl (C=O) groups is 1. The highest BCUT2D eigenvalue weighted by molar-refractivity contribution is 5.94. The van der Waals surface area contributed by atoms with Gasteiger partial charge in [0.25, 0.3) is 5.91 Å². The van der Waals surface area contributed by atoms with Gasteiger partial charge in [-0.05, 0) is 56.1 Å². The minimum atomic E-state index is -0.257. The molecule has 184 valence electrons. The Kier molecular flexibility index (Phi) is 8.40. The molecule has 6 nitrogen and oxygen atoms in total. The van der Waals surface area contributed by atoms with E-state index < -0.39 is 0 Å². The van der Waals surface area contributed by atoms with Crippen molar-refractivity contribution in [2.75, 3.05) is 47.0 Å². The topological polar surface area (TPSA) is 51.2 Å². The zero-order chi connectivity index (χ0) is 23.9. The maximum absolute atomic E-state index is 14.6. The molecule has 0 aromatic heterocycles. The summed E-state index contributed by atoms with van der Waals surface area (Å²) in [5, 5.41) is 0. The van der Waals surface area contributed by atoms with E-state index >= 15 is 0 Å². The molecule has 2 aliphatic rings. The van der Waals surface area contributed by atoms with E-state index in [2.05, 4.69) is 4.90 Å². The molecular weight excluding hydrogens is 435 g/mol. The van der Waals surface area contributed by atoms with Crippen LogP contribution < -0.4 is 9.47 Å². The van der Waals surface area contributed by atoms with Gasteiger partial charge in [0.2, 0.25) is 0 Å². The highest BCUT2D eigenvalue weighted by Crippen LogP contribution is 2.27. The molecule has 2 aromatic rings. The Morgan fingerprint density at radius 2 is 1.91 bits per heavy atom. The molecule has 7 heteroatoms. The van der Waals surface area contributed by atoms with E-state index in [1.165, 1.54) is 6.07 Å². The summed E-state index contributed by atoms with van der Waals surface area (Å²) in [6, 6.07) is 12.3. The fourth-order valence-corrected chi connectivity index (χ4v) is 5.10. The van der Waals surface area contributed by atoms with E-state index in [0.717, 1.165) is 32.2 Å². The highest BCUT2D eigenvalue weighted by Gasteiger charge is 2.31. The van der Waals surface area contributed by atoms with Gasteiger partial charge >= 0.3 is 0 Å². The molecule has 0 unspecified atom stereocenters. The zero-order valence-corrected chi connectivity index (χ0v) is 20.2. The van der Waals surface area contributed by atoms with Crippen molar-refractivity contribution in [1.82, 2.24) is 9.80 Å². The Morgan fingerprint density at radius 1 is 1.06 bits per heavy atom. The van der Waals surface area contributed by atoms with Crippen molar-refractivity contribution in [2.45, 2.75) is 38.3 Å². The van der Waals surface area contributed by atoms with Crippen LogP contribution in [0.2, 0.25) is 0 Å². The average molecular weight is 471 g/mol. The van der Waals surface area contributed by atoms with Gasteiger partial charge in [-0.1, -0.05) is 18.6 Å². The average Bonchev–Trinajstić information content (AvgIpc) is 2.86. The molecule has 34 heavy (non-hydrogen) atoms. The van der Waals surface area contributed by atoms with E-state index in [0.29, 0.717) is 61.3 Å². The smallest absolute Gasteiger partial charge is 0.254 e. The largest absolute Gasteiger partial charge is 0.496 e. The Hall–Kier alpha value is -2.64. The molecule has 1 saturated heterocycles. The Morgan fingerprint density at radius 3 is 2.74 bits per heavy atom. The van der Waals surface area contributed by atoms with Crippen molar-refractivity contribution in [2.24, 2.45) is 5.92 Å². The van der Waals surface area contributed by atoms with Crippen LogP contribution in [0.3, 0.4) is 0 Å². The Labute approximate surface area is 201 Å². The molecule has 4 bridgehead atoms. The van der Waals surface area contributed by atoms with Gasteiger partial charge in [-0.25, -0.2) is 4.39 Å². The van der Waals surface area contributed by atoms with Crippen LogP contribution in [0, 0.1) is 11.7 Å². The van der Waals surface area contributed by atoms with Crippen LogP contribution >= 0.6 is 0 Å². The number of ether oxygens (including phenoxy) is 3. The summed E-state index contributed by atoms with van der Waals surface area (Å²) < 4.78 is 31.8. The van der Waals surface area contributed by atoms with Gasteiger partial charge in [0.15, 0.2) is 0 Å². The van der Waals surface area contributed by atoms with Gasteiger partial charge in [0.05, 0.1) is 13.2 Å². The lowest BCUT2D eigenvalue weighted by atomic mass is 9.89. The van der Waals surface area contributed by atoms with Gasteiger partial charge in [-0.2, -0.15) is 0 Å². The molecule has 2 aromatic carbocycles. The SMILES string of the molecule is COc1cccc(F)c1CN1CCCC[C@H]2CN(CC[C@H]2OC)C(=O)c2cccc(c2)OCC1. The minimum Gasteiger partial charge on any atom is -0.496 e. The summed E-state index contributed by atoms with van der Waals surface area (Å²) in [7, 11) is 3.34. The number of amides is 1. The first-order chi connectivity index (χ1) is 16.6. The van der Waals surface area contributed by atoms with Crippen LogP contribution in [0.25, 0.3) is 0 Å². The van der Waals surface area contributed by atoms with Crippen molar-refractivity contribution in [3.63, 3.8) is 0 Å². The molecule has 2 atom stereocenters. The van der Waals surface area contributed by atoms with E-state index in [4.69, 9.17) is 14.2 Å². The first-order valence-corrected chi connectivity index (χ1v) is 12.2. The first-order valence-electron chi connectivity index (χ1n) is 12.2. The predicted molar refractivity (Wildman–Crippen MR) is 129 cm³/mol. The number of hydrogen-bond donors (Lipinski definition) is 0. The number of carbonyl (C=O) groups excluding carboxylic acids is 1. The van der Waals surface area contributed by atoms with E-state index in [9.17, 15) is 9.18 Å². The van der Waals surface area contributed by atoms with Crippen LogP contribution in [0.5, 0.6) is 11.5 Å². The number of halogens is 1. The molecule has 0 spiro atoms. The molecule has 0 radical (unpaired) electrons.